The highest BCUT2D eigenvalue weighted by Gasteiger charge is 2.33. The molecule has 7 nitrogen and oxygen atoms in total. The van der Waals surface area contributed by atoms with Gasteiger partial charge in [0.15, 0.2) is 13.2 Å². The second-order valence-corrected chi connectivity index (χ2v) is 8.77. The van der Waals surface area contributed by atoms with Crippen molar-refractivity contribution in [3.8, 4) is 11.5 Å². The lowest BCUT2D eigenvalue weighted by atomic mass is 9.96. The summed E-state index contributed by atoms with van der Waals surface area (Å²) in [5.41, 5.74) is -1.05. The summed E-state index contributed by atoms with van der Waals surface area (Å²) in [4.78, 5) is 24.2. The first-order valence-corrected chi connectivity index (χ1v) is 11.5. The quantitative estimate of drug-likeness (QED) is 0.433. The summed E-state index contributed by atoms with van der Waals surface area (Å²) in [6, 6.07) is 6.84. The molecule has 2 atom stereocenters. The largest absolute Gasteiger partial charge is 0.484 e. The van der Waals surface area contributed by atoms with Crippen molar-refractivity contribution in [2.75, 3.05) is 39.5 Å². The number of benzene rings is 2. The fourth-order valence-electron chi connectivity index (χ4n) is 3.36. The van der Waals surface area contributed by atoms with E-state index in [9.17, 15) is 27.2 Å². The monoisotopic (exact) mass is 552 g/mol. The van der Waals surface area contributed by atoms with Gasteiger partial charge >= 0.3 is 6.18 Å². The van der Waals surface area contributed by atoms with Gasteiger partial charge in [-0.3, -0.25) is 9.59 Å². The van der Waals surface area contributed by atoms with Crippen LogP contribution < -0.4 is 20.1 Å². The maximum Gasteiger partial charge on any atom is 0.417 e. The van der Waals surface area contributed by atoms with Gasteiger partial charge in [0.05, 0.1) is 28.8 Å². The van der Waals surface area contributed by atoms with E-state index in [-0.39, 0.29) is 48.1 Å². The van der Waals surface area contributed by atoms with Crippen LogP contribution >= 0.6 is 23.2 Å². The van der Waals surface area contributed by atoms with Gasteiger partial charge in [-0.25, -0.2) is 4.39 Å². The fourth-order valence-corrected chi connectivity index (χ4v) is 3.70. The third kappa shape index (κ3) is 8.14. The van der Waals surface area contributed by atoms with Gasteiger partial charge in [-0.15, -0.1) is 0 Å². The highest BCUT2D eigenvalue weighted by Crippen LogP contribution is 2.36. The van der Waals surface area contributed by atoms with Crippen LogP contribution in [0.25, 0.3) is 0 Å². The van der Waals surface area contributed by atoms with E-state index in [1.165, 1.54) is 18.2 Å². The van der Waals surface area contributed by atoms with Crippen molar-refractivity contribution in [3.63, 3.8) is 0 Å². The first-order valence-electron chi connectivity index (χ1n) is 10.7. The van der Waals surface area contributed by atoms with E-state index in [2.05, 4.69) is 10.6 Å². The number of halogens is 6. The van der Waals surface area contributed by atoms with Gasteiger partial charge < -0.3 is 24.8 Å². The topological polar surface area (TPSA) is 85.9 Å². The van der Waals surface area contributed by atoms with Gasteiger partial charge in [-0.05, 0) is 30.3 Å². The predicted octanol–water partition coefficient (Wildman–Crippen LogP) is 4.10. The Balaban J connectivity index is 1.38. The third-order valence-corrected chi connectivity index (χ3v) is 5.96. The molecule has 0 aliphatic carbocycles. The van der Waals surface area contributed by atoms with Crippen LogP contribution in [0.3, 0.4) is 0 Å². The van der Waals surface area contributed by atoms with Crippen molar-refractivity contribution < 1.29 is 41.4 Å². The molecule has 196 valence electrons. The summed E-state index contributed by atoms with van der Waals surface area (Å²) in [5.74, 6) is -1.79. The summed E-state index contributed by atoms with van der Waals surface area (Å²) in [6.07, 6.45) is -4.65. The van der Waals surface area contributed by atoms with Gasteiger partial charge in [0.2, 0.25) is 0 Å². The Morgan fingerprint density at radius 3 is 1.89 bits per heavy atom. The van der Waals surface area contributed by atoms with Crippen LogP contribution in [-0.4, -0.2) is 51.3 Å². The summed E-state index contributed by atoms with van der Waals surface area (Å²) in [7, 11) is 0. The maximum absolute atomic E-state index is 13.4. The van der Waals surface area contributed by atoms with E-state index in [1.54, 1.807) is 0 Å². The number of amides is 2. The maximum atomic E-state index is 13.4. The van der Waals surface area contributed by atoms with Crippen molar-refractivity contribution in [1.82, 2.24) is 10.6 Å². The molecule has 0 aromatic heterocycles. The van der Waals surface area contributed by atoms with Gasteiger partial charge in [0.25, 0.3) is 11.8 Å². The van der Waals surface area contributed by atoms with Crippen LogP contribution in [-0.2, 0) is 20.5 Å². The van der Waals surface area contributed by atoms with E-state index in [0.717, 1.165) is 18.2 Å². The Morgan fingerprint density at radius 1 is 0.889 bits per heavy atom. The SMILES string of the molecule is O=C(COc1ccc(Cl)c(F)c1)NC[C@@H]1COC[C@@H]1CNC(=O)COc1ccc(Cl)c(C(F)(F)F)c1. The Hall–Kier alpha value is -2.76. The molecule has 1 aliphatic heterocycles. The number of hydrogen-bond acceptors (Lipinski definition) is 5. The van der Waals surface area contributed by atoms with Gasteiger partial charge in [0, 0.05) is 31.0 Å². The van der Waals surface area contributed by atoms with Gasteiger partial charge in [0.1, 0.15) is 17.3 Å². The number of hydrogen-bond donors (Lipinski definition) is 2. The van der Waals surface area contributed by atoms with Crippen molar-refractivity contribution in [1.29, 1.82) is 0 Å². The Bertz CT molecular complexity index is 1090. The van der Waals surface area contributed by atoms with Crippen molar-refractivity contribution >= 4 is 35.0 Å². The van der Waals surface area contributed by atoms with Crippen molar-refractivity contribution in [3.05, 3.63) is 57.8 Å². The summed E-state index contributed by atoms with van der Waals surface area (Å²) < 4.78 is 68.1. The van der Waals surface area contributed by atoms with E-state index >= 15 is 0 Å². The first-order chi connectivity index (χ1) is 17.0. The van der Waals surface area contributed by atoms with Crippen LogP contribution in [0.2, 0.25) is 10.0 Å². The van der Waals surface area contributed by atoms with Crippen LogP contribution in [0.15, 0.2) is 36.4 Å². The Kier molecular flexibility index (Phi) is 9.63. The van der Waals surface area contributed by atoms with Gasteiger partial charge in [-0.2, -0.15) is 13.2 Å². The standard InChI is InChI=1S/C23H22Cl2F4N2O5/c24-18-3-1-15(5-17(18)23(27,28)29)35-11-21(32)30-7-13-9-34-10-14(13)8-31-22(33)12-36-16-2-4-19(25)20(26)6-16/h1-6,13-14H,7-12H2,(H,30,32)(H,31,33)/t13-,14+/m0/s1. The lowest BCUT2D eigenvalue weighted by Crippen LogP contribution is -2.40. The summed E-state index contributed by atoms with van der Waals surface area (Å²) in [5, 5.41) is 4.83. The first kappa shape index (κ1) is 27.8. The number of carbonyl (C=O) groups excluding carboxylic acids is 2. The normalized spacial score (nSPS) is 17.5. The molecule has 13 heteroatoms. The van der Waals surface area contributed by atoms with Crippen LogP contribution in [0, 0.1) is 17.7 Å². The highest BCUT2D eigenvalue weighted by molar-refractivity contribution is 6.31. The molecule has 0 spiro atoms. The molecule has 1 saturated heterocycles. The molecule has 1 aliphatic rings. The Morgan fingerprint density at radius 2 is 1.39 bits per heavy atom. The van der Waals surface area contributed by atoms with E-state index in [0.29, 0.717) is 13.2 Å². The molecular weight excluding hydrogens is 531 g/mol. The summed E-state index contributed by atoms with van der Waals surface area (Å²) in [6.45, 7) is 0.390. The van der Waals surface area contributed by atoms with E-state index < -0.39 is 41.0 Å². The lowest BCUT2D eigenvalue weighted by molar-refractivity contribution is -0.137. The summed E-state index contributed by atoms with van der Waals surface area (Å²) >= 11 is 11.2. The highest BCUT2D eigenvalue weighted by atomic mass is 35.5. The molecule has 1 heterocycles. The molecule has 1 fully saturated rings. The zero-order chi connectivity index (χ0) is 26.3. The molecule has 2 aromatic rings. The fraction of sp³-hybridized carbons (Fsp3) is 0.391. The minimum absolute atomic E-state index is 0.0571. The Labute approximate surface area is 214 Å². The van der Waals surface area contributed by atoms with Crippen LogP contribution in [0.1, 0.15) is 5.56 Å². The minimum atomic E-state index is -4.65. The molecule has 2 N–H and O–H groups in total. The smallest absolute Gasteiger partial charge is 0.417 e. The number of rotatable bonds is 10. The minimum Gasteiger partial charge on any atom is -0.484 e. The number of nitrogens with one attached hydrogen (secondary N) is 2. The third-order valence-electron chi connectivity index (χ3n) is 5.33. The predicted molar refractivity (Wildman–Crippen MR) is 123 cm³/mol. The van der Waals surface area contributed by atoms with Crippen molar-refractivity contribution in [2.45, 2.75) is 6.18 Å². The number of carbonyl (C=O) groups is 2. The molecule has 2 amide bonds. The second kappa shape index (κ2) is 12.5. The molecule has 0 saturated carbocycles. The molecule has 0 unspecified atom stereocenters. The van der Waals surface area contributed by atoms with Crippen molar-refractivity contribution in [2.24, 2.45) is 11.8 Å². The molecule has 0 bridgehead atoms. The average molecular weight is 553 g/mol. The van der Waals surface area contributed by atoms with E-state index in [1.807, 2.05) is 0 Å². The second-order valence-electron chi connectivity index (χ2n) is 7.96. The molecule has 3 rings (SSSR count). The number of ether oxygens (including phenoxy) is 3. The average Bonchev–Trinajstić information content (AvgIpc) is 3.28. The number of alkyl halides is 3. The molecule has 36 heavy (non-hydrogen) atoms. The van der Waals surface area contributed by atoms with E-state index in [4.69, 9.17) is 37.4 Å². The molecule has 2 aromatic carbocycles. The molecular formula is C23H22Cl2F4N2O5. The van der Waals surface area contributed by atoms with Gasteiger partial charge in [-0.1, -0.05) is 23.2 Å². The molecule has 0 radical (unpaired) electrons. The zero-order valence-electron chi connectivity index (χ0n) is 18.7. The lowest BCUT2D eigenvalue weighted by Gasteiger charge is -2.19. The van der Waals surface area contributed by atoms with Crippen LogP contribution in [0.4, 0.5) is 17.6 Å². The zero-order valence-corrected chi connectivity index (χ0v) is 20.2. The van der Waals surface area contributed by atoms with Crippen LogP contribution in [0.5, 0.6) is 11.5 Å².